The molecule has 7 heteroatoms. The quantitative estimate of drug-likeness (QED) is 0.585. The van der Waals surface area contributed by atoms with Crippen LogP contribution < -0.4 is 15.0 Å². The lowest BCUT2D eigenvalue weighted by Crippen LogP contribution is -2.46. The summed E-state index contributed by atoms with van der Waals surface area (Å²) in [6, 6.07) is 16.1. The summed E-state index contributed by atoms with van der Waals surface area (Å²) in [5, 5.41) is 10.7. The van der Waals surface area contributed by atoms with Crippen LogP contribution >= 0.6 is 0 Å². The first kappa shape index (κ1) is 21.7. The van der Waals surface area contributed by atoms with Crippen LogP contribution in [0.2, 0.25) is 0 Å². The van der Waals surface area contributed by atoms with Gasteiger partial charge in [0.15, 0.2) is 5.76 Å². The molecule has 0 spiro atoms. The Morgan fingerprint density at radius 1 is 1.09 bits per heavy atom. The molecule has 0 amide bonds. The number of aromatic hydroxyl groups is 1. The van der Waals surface area contributed by atoms with Gasteiger partial charge < -0.3 is 19.1 Å². The number of aromatic nitrogens is 1. The monoisotopic (exact) mass is 470 g/mol. The normalized spacial score (nSPS) is 22.0. The number of ketones is 1. The van der Waals surface area contributed by atoms with Crippen molar-refractivity contribution in [3.63, 3.8) is 0 Å². The molecule has 3 aliphatic rings. The summed E-state index contributed by atoms with van der Waals surface area (Å²) in [6.07, 6.45) is 2.76. The molecule has 3 aliphatic heterocycles. The zero-order valence-corrected chi connectivity index (χ0v) is 19.4. The molecule has 0 unspecified atom stereocenters. The van der Waals surface area contributed by atoms with Gasteiger partial charge in [-0.3, -0.25) is 14.5 Å². The first-order chi connectivity index (χ1) is 17.0. The van der Waals surface area contributed by atoms with E-state index in [-0.39, 0.29) is 28.8 Å². The van der Waals surface area contributed by atoms with Gasteiger partial charge in [-0.15, -0.1) is 0 Å². The predicted octanol–water partition coefficient (Wildman–Crippen LogP) is 3.80. The summed E-state index contributed by atoms with van der Waals surface area (Å²) in [7, 11) is 1.60. The third-order valence-corrected chi connectivity index (χ3v) is 7.24. The van der Waals surface area contributed by atoms with Crippen LogP contribution in [-0.4, -0.2) is 40.6 Å². The van der Waals surface area contributed by atoms with Crippen LogP contribution in [0.25, 0.3) is 6.08 Å². The Morgan fingerprint density at radius 3 is 2.80 bits per heavy atom. The van der Waals surface area contributed by atoms with Crippen molar-refractivity contribution < 1.29 is 19.4 Å². The van der Waals surface area contributed by atoms with E-state index in [9.17, 15) is 14.7 Å². The maximum absolute atomic E-state index is 13.1. The number of ether oxygens (including phenoxy) is 2. The first-order valence-electron chi connectivity index (χ1n) is 11.9. The number of phenolic OH excluding ortho intramolecular Hbond substituents is 1. The number of rotatable bonds is 4. The largest absolute Gasteiger partial charge is 0.507 e. The molecule has 1 saturated heterocycles. The summed E-state index contributed by atoms with van der Waals surface area (Å²) in [5.74, 6) is 1.90. The van der Waals surface area contributed by atoms with Gasteiger partial charge in [-0.1, -0.05) is 18.2 Å². The number of carbonyl (C=O) groups is 1. The fourth-order valence-electron chi connectivity index (χ4n) is 5.68. The minimum atomic E-state index is -0.201. The average Bonchev–Trinajstić information content (AvgIpc) is 3.17. The summed E-state index contributed by atoms with van der Waals surface area (Å²) in [6.45, 7) is 2.78. The van der Waals surface area contributed by atoms with E-state index in [1.54, 1.807) is 31.4 Å². The van der Waals surface area contributed by atoms with Gasteiger partial charge in [-0.2, -0.15) is 0 Å². The highest BCUT2D eigenvalue weighted by atomic mass is 16.5. The van der Waals surface area contributed by atoms with E-state index in [4.69, 9.17) is 9.47 Å². The van der Waals surface area contributed by atoms with Crippen molar-refractivity contribution in [2.45, 2.75) is 25.4 Å². The number of hydrogen-bond donors (Lipinski definition) is 1. The highest BCUT2D eigenvalue weighted by Crippen LogP contribution is 2.42. The average molecular weight is 471 g/mol. The maximum atomic E-state index is 13.1. The van der Waals surface area contributed by atoms with Gasteiger partial charge >= 0.3 is 0 Å². The van der Waals surface area contributed by atoms with Crippen molar-refractivity contribution >= 4 is 11.9 Å². The van der Waals surface area contributed by atoms with E-state index in [0.29, 0.717) is 41.6 Å². The Balaban J connectivity index is 1.28. The fraction of sp³-hybridized carbons (Fsp3) is 0.286. The number of fused-ring (bicyclic) bond motifs is 5. The third kappa shape index (κ3) is 3.82. The molecular weight excluding hydrogens is 444 g/mol. The lowest BCUT2D eigenvalue weighted by atomic mass is 9.83. The molecule has 35 heavy (non-hydrogen) atoms. The SMILES string of the molecule is COc1cccc(/C=C2\Oc3c(ccc(O)c3CN3C[C@@H]4C[C@H](C3)c3cccc(=O)n3C4)C2=O)c1. The number of methoxy groups -OCH3 is 1. The van der Waals surface area contributed by atoms with Crippen LogP contribution in [0.3, 0.4) is 0 Å². The molecule has 1 N–H and O–H groups in total. The van der Waals surface area contributed by atoms with E-state index in [0.717, 1.165) is 30.8 Å². The van der Waals surface area contributed by atoms with Gasteiger partial charge in [0.25, 0.3) is 5.56 Å². The van der Waals surface area contributed by atoms with Crippen LogP contribution in [-0.2, 0) is 13.1 Å². The molecule has 3 aromatic rings. The fourth-order valence-corrected chi connectivity index (χ4v) is 5.68. The molecule has 1 aromatic heterocycles. The van der Waals surface area contributed by atoms with Gasteiger partial charge in [0.2, 0.25) is 5.78 Å². The Bertz CT molecular complexity index is 1420. The number of phenols is 1. The number of Topliss-reactive ketones (excluding diaryl/α,β-unsaturated/α-hetero) is 1. The molecule has 2 bridgehead atoms. The van der Waals surface area contributed by atoms with Gasteiger partial charge in [-0.05, 0) is 54.3 Å². The zero-order valence-electron chi connectivity index (χ0n) is 19.4. The molecule has 4 heterocycles. The number of allylic oxidation sites excluding steroid dienone is 1. The van der Waals surface area contributed by atoms with Crippen molar-refractivity contribution in [2.24, 2.45) is 5.92 Å². The Kier molecular flexibility index (Phi) is 5.22. The summed E-state index contributed by atoms with van der Waals surface area (Å²) < 4.78 is 13.2. The van der Waals surface area contributed by atoms with Crippen LogP contribution in [0.15, 0.2) is 65.2 Å². The van der Waals surface area contributed by atoms with Crippen LogP contribution in [0.4, 0.5) is 0 Å². The summed E-state index contributed by atoms with van der Waals surface area (Å²) >= 11 is 0. The van der Waals surface area contributed by atoms with E-state index in [1.165, 1.54) is 0 Å². The van der Waals surface area contributed by atoms with Gasteiger partial charge in [0, 0.05) is 43.9 Å². The molecule has 6 rings (SSSR count). The van der Waals surface area contributed by atoms with Gasteiger partial charge in [0.05, 0.1) is 18.2 Å². The molecule has 0 saturated carbocycles. The highest BCUT2D eigenvalue weighted by molar-refractivity contribution is 6.15. The summed E-state index contributed by atoms with van der Waals surface area (Å²) in [5.41, 5.74) is 3.02. The van der Waals surface area contributed by atoms with Gasteiger partial charge in [-0.25, -0.2) is 0 Å². The Hall–Kier alpha value is -3.84. The standard InChI is InChI=1S/C28H26N2O5/c1-34-20-5-2-4-17(11-20)12-25-27(33)21-8-9-24(31)22(28(21)35-25)16-29-13-18-10-19(15-29)23-6-3-7-26(32)30(23)14-18/h2-9,11-12,18-19,31H,10,13-16H2,1H3/b25-12-/t18-,19+/m0/s1. The zero-order chi connectivity index (χ0) is 24.1. The number of hydrogen-bond acceptors (Lipinski definition) is 6. The second kappa shape index (κ2) is 8.43. The Labute approximate surface area is 202 Å². The molecule has 178 valence electrons. The highest BCUT2D eigenvalue weighted by Gasteiger charge is 2.36. The van der Waals surface area contributed by atoms with E-state index in [2.05, 4.69) is 4.90 Å². The number of pyridine rings is 1. The number of carbonyl (C=O) groups excluding carboxylic acids is 1. The number of benzene rings is 2. The van der Waals surface area contributed by atoms with Crippen LogP contribution in [0.1, 0.15) is 39.5 Å². The third-order valence-electron chi connectivity index (χ3n) is 7.24. The van der Waals surface area contributed by atoms with Crippen molar-refractivity contribution in [3.8, 4) is 17.2 Å². The summed E-state index contributed by atoms with van der Waals surface area (Å²) in [4.78, 5) is 27.7. The van der Waals surface area contributed by atoms with Crippen molar-refractivity contribution in [2.75, 3.05) is 20.2 Å². The molecule has 2 aromatic carbocycles. The minimum Gasteiger partial charge on any atom is -0.507 e. The number of likely N-dealkylation sites (tertiary alicyclic amines) is 1. The number of piperidine rings is 1. The number of nitrogens with zero attached hydrogens (tertiary/aromatic N) is 2. The van der Waals surface area contributed by atoms with Crippen LogP contribution in [0.5, 0.6) is 17.2 Å². The van der Waals surface area contributed by atoms with E-state index >= 15 is 0 Å². The van der Waals surface area contributed by atoms with Gasteiger partial charge in [0.1, 0.15) is 17.2 Å². The van der Waals surface area contributed by atoms with Crippen molar-refractivity contribution in [1.82, 2.24) is 9.47 Å². The maximum Gasteiger partial charge on any atom is 0.250 e. The first-order valence-corrected chi connectivity index (χ1v) is 11.9. The molecule has 2 atom stereocenters. The second-order valence-electron chi connectivity index (χ2n) is 9.55. The molecule has 0 aliphatic carbocycles. The second-order valence-corrected chi connectivity index (χ2v) is 9.55. The topological polar surface area (TPSA) is 81.0 Å². The lowest BCUT2D eigenvalue weighted by molar-refractivity contribution is 0.101. The van der Waals surface area contributed by atoms with E-state index in [1.807, 2.05) is 41.0 Å². The minimum absolute atomic E-state index is 0.0615. The smallest absolute Gasteiger partial charge is 0.250 e. The lowest BCUT2D eigenvalue weighted by Gasteiger charge is -2.42. The molecule has 1 fully saturated rings. The van der Waals surface area contributed by atoms with E-state index < -0.39 is 0 Å². The molecule has 0 radical (unpaired) electrons. The predicted molar refractivity (Wildman–Crippen MR) is 131 cm³/mol. The van der Waals surface area contributed by atoms with Crippen molar-refractivity contribution in [1.29, 1.82) is 0 Å². The van der Waals surface area contributed by atoms with Crippen molar-refractivity contribution in [3.05, 3.63) is 93.1 Å². The molecule has 7 nitrogen and oxygen atoms in total. The van der Waals surface area contributed by atoms with Crippen LogP contribution in [0, 0.1) is 5.92 Å². The Morgan fingerprint density at radius 2 is 1.94 bits per heavy atom. The molecular formula is C28H26N2O5.